The molecule has 2 aromatic heterocycles. The number of anilines is 2. The van der Waals surface area contributed by atoms with Crippen LogP contribution in [0.1, 0.15) is 21.5 Å². The molecule has 0 aliphatic heterocycles. The van der Waals surface area contributed by atoms with E-state index in [0.717, 1.165) is 21.3 Å². The predicted octanol–water partition coefficient (Wildman–Crippen LogP) is 6.18. The monoisotopic (exact) mass is 453 g/mol. The number of benzene rings is 2. The molecule has 2 N–H and O–H groups in total. The van der Waals surface area contributed by atoms with Crippen molar-refractivity contribution in [3.8, 4) is 11.1 Å². The molecule has 4 aromatic rings. The van der Waals surface area contributed by atoms with Crippen LogP contribution >= 0.6 is 27.3 Å². The number of aromatic nitrogens is 2. The zero-order valence-corrected chi connectivity index (χ0v) is 17.6. The molecule has 0 aliphatic rings. The molecule has 0 atom stereocenters. The summed E-state index contributed by atoms with van der Waals surface area (Å²) in [5.41, 5.74) is 5.18. The van der Waals surface area contributed by atoms with Crippen molar-refractivity contribution >= 4 is 55.0 Å². The molecule has 140 valence electrons. The van der Waals surface area contributed by atoms with Gasteiger partial charge in [0.15, 0.2) is 0 Å². The normalized spacial score (nSPS) is 11.0. The molecule has 0 radical (unpaired) electrons. The Balaban J connectivity index is 1.88. The van der Waals surface area contributed by atoms with E-state index in [1.807, 2.05) is 0 Å². The van der Waals surface area contributed by atoms with E-state index in [0.29, 0.717) is 16.0 Å². The number of aromatic carboxylic acids is 1. The second kappa shape index (κ2) is 7.33. The Kier molecular flexibility index (Phi) is 4.87. The van der Waals surface area contributed by atoms with Gasteiger partial charge in [-0.3, -0.25) is 0 Å². The van der Waals surface area contributed by atoms with E-state index in [-0.39, 0.29) is 5.56 Å². The van der Waals surface area contributed by atoms with E-state index in [2.05, 4.69) is 68.6 Å². The molecule has 0 unspecified atom stereocenters. The van der Waals surface area contributed by atoms with Crippen LogP contribution in [0.2, 0.25) is 0 Å². The van der Waals surface area contributed by atoms with Crippen molar-refractivity contribution in [1.29, 1.82) is 0 Å². The SMILES string of the molecule is Cc1ccc(-c2csc3ncnc(Nc4ccc(Br)cc4C(=O)O)c23)c(C)c1. The fourth-order valence-electron chi connectivity index (χ4n) is 3.21. The maximum absolute atomic E-state index is 11.7. The highest BCUT2D eigenvalue weighted by molar-refractivity contribution is 9.10. The van der Waals surface area contributed by atoms with Crippen LogP contribution in [0, 0.1) is 13.8 Å². The predicted molar refractivity (Wildman–Crippen MR) is 117 cm³/mol. The quantitative estimate of drug-likeness (QED) is 0.385. The van der Waals surface area contributed by atoms with Crippen molar-refractivity contribution in [2.45, 2.75) is 13.8 Å². The summed E-state index contributed by atoms with van der Waals surface area (Å²) in [6.45, 7) is 4.15. The first-order valence-electron chi connectivity index (χ1n) is 8.53. The minimum absolute atomic E-state index is 0.171. The topological polar surface area (TPSA) is 75.1 Å². The molecule has 5 nitrogen and oxygen atoms in total. The molecule has 2 heterocycles. The van der Waals surface area contributed by atoms with Crippen LogP contribution in [0.3, 0.4) is 0 Å². The smallest absolute Gasteiger partial charge is 0.337 e. The highest BCUT2D eigenvalue weighted by Crippen LogP contribution is 2.39. The number of carboxylic acids is 1. The van der Waals surface area contributed by atoms with Crippen LogP contribution in [-0.2, 0) is 0 Å². The number of nitrogens with one attached hydrogen (secondary N) is 1. The van der Waals surface area contributed by atoms with Crippen LogP contribution in [0.15, 0.2) is 52.6 Å². The summed E-state index contributed by atoms with van der Waals surface area (Å²) >= 11 is 4.87. The fraction of sp³-hybridized carbons (Fsp3) is 0.0952. The molecule has 7 heteroatoms. The molecular formula is C21H16BrN3O2S. The van der Waals surface area contributed by atoms with E-state index in [1.165, 1.54) is 17.5 Å². The summed E-state index contributed by atoms with van der Waals surface area (Å²) in [7, 11) is 0. The average Bonchev–Trinajstić information content (AvgIpc) is 3.08. The van der Waals surface area contributed by atoms with Gasteiger partial charge in [0.25, 0.3) is 0 Å². The zero-order valence-electron chi connectivity index (χ0n) is 15.2. The molecule has 0 fully saturated rings. The molecule has 28 heavy (non-hydrogen) atoms. The number of rotatable bonds is 4. The van der Waals surface area contributed by atoms with Crippen LogP contribution in [0.5, 0.6) is 0 Å². The molecule has 0 spiro atoms. The average molecular weight is 454 g/mol. The van der Waals surface area contributed by atoms with Gasteiger partial charge in [-0.15, -0.1) is 11.3 Å². The lowest BCUT2D eigenvalue weighted by molar-refractivity contribution is 0.0698. The molecule has 4 rings (SSSR count). The fourth-order valence-corrected chi connectivity index (χ4v) is 4.48. The van der Waals surface area contributed by atoms with Gasteiger partial charge in [-0.1, -0.05) is 39.7 Å². The molecule has 0 amide bonds. The van der Waals surface area contributed by atoms with Gasteiger partial charge in [-0.05, 0) is 43.2 Å². The number of halogens is 1. The van der Waals surface area contributed by atoms with Crippen LogP contribution in [0.4, 0.5) is 11.5 Å². The van der Waals surface area contributed by atoms with Gasteiger partial charge in [-0.2, -0.15) is 0 Å². The van der Waals surface area contributed by atoms with Crippen molar-refractivity contribution in [3.63, 3.8) is 0 Å². The molecule has 0 aliphatic carbocycles. The van der Waals surface area contributed by atoms with Gasteiger partial charge < -0.3 is 10.4 Å². The minimum Gasteiger partial charge on any atom is -0.478 e. The Morgan fingerprint density at radius 3 is 2.68 bits per heavy atom. The number of hydrogen-bond donors (Lipinski definition) is 2. The summed E-state index contributed by atoms with van der Waals surface area (Å²) in [6, 6.07) is 11.4. The van der Waals surface area contributed by atoms with E-state index >= 15 is 0 Å². The number of nitrogens with zero attached hydrogens (tertiary/aromatic N) is 2. The third-order valence-electron chi connectivity index (χ3n) is 4.51. The first kappa shape index (κ1) is 18.6. The van der Waals surface area contributed by atoms with Crippen LogP contribution in [-0.4, -0.2) is 21.0 Å². The first-order chi connectivity index (χ1) is 13.4. The van der Waals surface area contributed by atoms with E-state index in [1.54, 1.807) is 29.5 Å². The van der Waals surface area contributed by atoms with Crippen molar-refractivity contribution in [2.75, 3.05) is 5.32 Å². The largest absolute Gasteiger partial charge is 0.478 e. The number of carboxylic acid groups (broad SMARTS) is 1. The molecule has 0 saturated carbocycles. The van der Waals surface area contributed by atoms with Crippen molar-refractivity contribution in [3.05, 3.63) is 69.3 Å². The second-order valence-electron chi connectivity index (χ2n) is 6.49. The van der Waals surface area contributed by atoms with Gasteiger partial charge in [0.05, 0.1) is 16.6 Å². The van der Waals surface area contributed by atoms with Crippen molar-refractivity contribution in [2.24, 2.45) is 0 Å². The Hall–Kier alpha value is -2.77. The van der Waals surface area contributed by atoms with Gasteiger partial charge >= 0.3 is 5.97 Å². The van der Waals surface area contributed by atoms with Crippen molar-refractivity contribution < 1.29 is 9.90 Å². The van der Waals surface area contributed by atoms with Gasteiger partial charge in [0.2, 0.25) is 0 Å². The number of fused-ring (bicyclic) bond motifs is 1. The summed E-state index contributed by atoms with van der Waals surface area (Å²) < 4.78 is 0.704. The van der Waals surface area contributed by atoms with E-state index < -0.39 is 5.97 Å². The van der Waals surface area contributed by atoms with Crippen LogP contribution < -0.4 is 5.32 Å². The molecule has 0 saturated heterocycles. The summed E-state index contributed by atoms with van der Waals surface area (Å²) in [4.78, 5) is 21.3. The highest BCUT2D eigenvalue weighted by atomic mass is 79.9. The Labute approximate surface area is 174 Å². The van der Waals surface area contributed by atoms with Gasteiger partial charge in [0.1, 0.15) is 17.0 Å². The van der Waals surface area contributed by atoms with E-state index in [4.69, 9.17) is 0 Å². The maximum Gasteiger partial charge on any atom is 0.337 e. The Morgan fingerprint density at radius 2 is 1.93 bits per heavy atom. The maximum atomic E-state index is 11.7. The summed E-state index contributed by atoms with van der Waals surface area (Å²) in [6.07, 6.45) is 1.49. The van der Waals surface area contributed by atoms with Crippen LogP contribution in [0.25, 0.3) is 21.3 Å². The third kappa shape index (κ3) is 3.39. The number of hydrogen-bond acceptors (Lipinski definition) is 5. The number of aryl methyl sites for hydroxylation is 2. The second-order valence-corrected chi connectivity index (χ2v) is 8.26. The van der Waals surface area contributed by atoms with Crippen molar-refractivity contribution in [1.82, 2.24) is 9.97 Å². The lowest BCUT2D eigenvalue weighted by Crippen LogP contribution is -2.04. The summed E-state index contributed by atoms with van der Waals surface area (Å²) in [5.74, 6) is -0.417. The highest BCUT2D eigenvalue weighted by Gasteiger charge is 2.17. The van der Waals surface area contributed by atoms with Gasteiger partial charge in [-0.25, -0.2) is 14.8 Å². The van der Waals surface area contributed by atoms with E-state index in [9.17, 15) is 9.90 Å². The minimum atomic E-state index is -1.01. The standard InChI is InChI=1S/C21H16BrN3O2S/c1-11-3-5-14(12(2)7-11)16-9-28-20-18(16)19(23-10-24-20)25-17-6-4-13(22)8-15(17)21(26)27/h3-10H,1-2H3,(H,26,27)(H,23,24,25). The Bertz CT molecular complexity index is 1220. The molecule has 2 aromatic carbocycles. The molecular weight excluding hydrogens is 438 g/mol. The zero-order chi connectivity index (χ0) is 19.8. The lowest BCUT2D eigenvalue weighted by atomic mass is 9.99. The first-order valence-corrected chi connectivity index (χ1v) is 10.2. The molecule has 0 bridgehead atoms. The number of carbonyl (C=O) groups is 1. The lowest BCUT2D eigenvalue weighted by Gasteiger charge is -2.12. The summed E-state index contributed by atoms with van der Waals surface area (Å²) in [5, 5.41) is 15.7. The van der Waals surface area contributed by atoms with Gasteiger partial charge in [0, 0.05) is 15.4 Å². The number of thiophene rings is 1. The third-order valence-corrected chi connectivity index (χ3v) is 5.89. The Morgan fingerprint density at radius 1 is 1.11 bits per heavy atom.